The van der Waals surface area contributed by atoms with E-state index in [4.69, 9.17) is 5.53 Å². The summed E-state index contributed by atoms with van der Waals surface area (Å²) in [6.45, 7) is 11.0. The van der Waals surface area contributed by atoms with Crippen molar-refractivity contribution >= 4 is 11.8 Å². The minimum absolute atomic E-state index is 0.0646. The van der Waals surface area contributed by atoms with E-state index >= 15 is 0 Å². The minimum Gasteiger partial charge on any atom is -0.356 e. The first-order chi connectivity index (χ1) is 17.4. The quantitative estimate of drug-likeness (QED) is 0.0646. The fraction of sp³-hybridized carbons (Fsp3) is 0.913. The molecule has 36 heavy (non-hydrogen) atoms. The van der Waals surface area contributed by atoms with Crippen LogP contribution in [0.25, 0.3) is 10.4 Å². The highest BCUT2D eigenvalue weighted by Crippen LogP contribution is 2.12. The fourth-order valence-electron chi connectivity index (χ4n) is 4.34. The highest BCUT2D eigenvalue weighted by molar-refractivity contribution is 5.79. The van der Waals surface area contributed by atoms with Crippen molar-refractivity contribution in [1.29, 1.82) is 0 Å². The van der Waals surface area contributed by atoms with E-state index in [2.05, 4.69) is 59.5 Å². The zero-order valence-electron chi connectivity index (χ0n) is 22.5. The summed E-state index contributed by atoms with van der Waals surface area (Å²) in [5, 5.41) is 30.1. The van der Waals surface area contributed by atoms with Crippen molar-refractivity contribution in [2.45, 2.75) is 38.1 Å². The number of rotatable bonds is 13. The Balaban J connectivity index is 2.55. The van der Waals surface area contributed by atoms with Gasteiger partial charge in [-0.3, -0.25) is 9.59 Å². The first-order valence-electron chi connectivity index (χ1n) is 13.1. The van der Waals surface area contributed by atoms with E-state index in [1.54, 1.807) is 0 Å². The minimum atomic E-state index is -0.486. The largest absolute Gasteiger partial charge is 0.356 e. The van der Waals surface area contributed by atoms with Crippen LogP contribution in [-0.2, 0) is 9.59 Å². The summed E-state index contributed by atoms with van der Waals surface area (Å²) in [6, 6.07) is 0. The lowest BCUT2D eigenvalue weighted by molar-refractivity contribution is -0.123. The highest BCUT2D eigenvalue weighted by Gasteiger charge is 2.31. The van der Waals surface area contributed by atoms with Crippen LogP contribution < -0.4 is 42.5 Å². The molecule has 13 heteroatoms. The van der Waals surface area contributed by atoms with E-state index in [0.29, 0.717) is 45.6 Å². The molecule has 0 bridgehead atoms. The van der Waals surface area contributed by atoms with Gasteiger partial charge in [0.15, 0.2) is 0 Å². The molecule has 13 nitrogen and oxygen atoms in total. The predicted octanol–water partition coefficient (Wildman–Crippen LogP) is -1.35. The number of hydrogen-bond acceptors (Lipinski definition) is 9. The van der Waals surface area contributed by atoms with E-state index in [1.807, 2.05) is 14.1 Å². The third kappa shape index (κ3) is 14.5. The molecule has 8 N–H and O–H groups in total. The number of amides is 2. The Hall–Kier alpha value is -1.99. The third-order valence-electron chi connectivity index (χ3n) is 6.14. The topological polar surface area (TPSA) is 179 Å². The molecule has 1 saturated heterocycles. The van der Waals surface area contributed by atoms with Gasteiger partial charge in [-0.2, -0.15) is 0 Å². The van der Waals surface area contributed by atoms with Gasteiger partial charge >= 0.3 is 0 Å². The van der Waals surface area contributed by atoms with Gasteiger partial charge in [0.05, 0.1) is 5.54 Å². The monoisotopic (exact) mass is 511 g/mol. The summed E-state index contributed by atoms with van der Waals surface area (Å²) in [4.78, 5) is 27.5. The molecular formula is C23H49N11O2. The second-order valence-corrected chi connectivity index (χ2v) is 9.92. The number of carbonyl (C=O) groups excluding carboxylic acids is 2. The lowest BCUT2D eigenvalue weighted by Crippen LogP contribution is -2.65. The summed E-state index contributed by atoms with van der Waals surface area (Å²) in [5.41, 5.74) is 7.91. The number of nitrogens with zero attached hydrogens (tertiary/aromatic N) is 3. The van der Waals surface area contributed by atoms with Gasteiger partial charge in [0, 0.05) is 102 Å². The summed E-state index contributed by atoms with van der Waals surface area (Å²) in [5.74, 6) is -0.161. The molecule has 0 radical (unpaired) electrons. The molecule has 1 aliphatic heterocycles. The van der Waals surface area contributed by atoms with Gasteiger partial charge in [-0.15, -0.1) is 0 Å². The molecular weight excluding hydrogens is 462 g/mol. The van der Waals surface area contributed by atoms with Gasteiger partial charge in [0.2, 0.25) is 11.8 Å². The Kier molecular flexibility index (Phi) is 17.1. The number of nitrogens with one attached hydrogen (secondary N) is 8. The molecule has 208 valence electrons. The van der Waals surface area contributed by atoms with E-state index in [9.17, 15) is 9.59 Å². The van der Waals surface area contributed by atoms with Crippen LogP contribution in [0.15, 0.2) is 5.11 Å². The highest BCUT2D eigenvalue weighted by atomic mass is 16.2. The Morgan fingerprint density at radius 1 is 0.861 bits per heavy atom. The Labute approximate surface area is 216 Å². The standard InChI is InChI=1S/C23H49N11O2/c1-22(14-25-2)15-27-10-12-29-18-23(17-26-3,19-30-13-11-28-16-22)33-21(36)7-4-6-20(35)31-8-5-9-32-34-24/h25-30H,4-19H2,1-3H3,(H,31,35)(H,33,36). The van der Waals surface area contributed by atoms with Crippen LogP contribution in [0.2, 0.25) is 0 Å². The summed E-state index contributed by atoms with van der Waals surface area (Å²) >= 11 is 0. The molecule has 0 spiro atoms. The zero-order valence-corrected chi connectivity index (χ0v) is 22.5. The lowest BCUT2D eigenvalue weighted by Gasteiger charge is -2.36. The molecule has 0 aliphatic carbocycles. The SMILES string of the molecule is CNCC1(C)CNCCNCC(CNC)(NC(=O)CCCC(=O)NCCCN=[N+]=[N-])CNCCNC1. The van der Waals surface area contributed by atoms with Gasteiger partial charge < -0.3 is 42.5 Å². The van der Waals surface area contributed by atoms with Crippen LogP contribution in [-0.4, -0.2) is 110 Å². The van der Waals surface area contributed by atoms with Crippen molar-refractivity contribution < 1.29 is 9.59 Å². The van der Waals surface area contributed by atoms with Gasteiger partial charge in [-0.05, 0) is 32.5 Å². The average molecular weight is 512 g/mol. The maximum Gasteiger partial charge on any atom is 0.220 e. The molecule has 1 rings (SSSR count). The molecule has 0 aromatic heterocycles. The van der Waals surface area contributed by atoms with Crippen LogP contribution >= 0.6 is 0 Å². The van der Waals surface area contributed by atoms with Crippen LogP contribution in [0.5, 0.6) is 0 Å². The van der Waals surface area contributed by atoms with E-state index in [0.717, 1.165) is 45.8 Å². The maximum absolute atomic E-state index is 12.8. The number of carbonyl (C=O) groups is 2. The summed E-state index contributed by atoms with van der Waals surface area (Å²) in [6.07, 6.45) is 1.64. The Morgan fingerprint density at radius 2 is 1.42 bits per heavy atom. The molecule has 0 aromatic rings. The molecule has 0 saturated carbocycles. The van der Waals surface area contributed by atoms with Crippen molar-refractivity contribution in [1.82, 2.24) is 42.5 Å². The first-order valence-corrected chi connectivity index (χ1v) is 13.1. The zero-order chi connectivity index (χ0) is 26.5. The molecule has 1 fully saturated rings. The maximum atomic E-state index is 12.8. The molecule has 0 atom stereocenters. The van der Waals surface area contributed by atoms with Crippen molar-refractivity contribution in [3.63, 3.8) is 0 Å². The van der Waals surface area contributed by atoms with Crippen molar-refractivity contribution in [3.05, 3.63) is 10.4 Å². The number of hydrogen-bond donors (Lipinski definition) is 8. The molecule has 1 aliphatic rings. The second kappa shape index (κ2) is 19.2. The van der Waals surface area contributed by atoms with Crippen LogP contribution in [0.3, 0.4) is 0 Å². The number of likely N-dealkylation sites (N-methyl/N-ethyl adjacent to an activating group) is 1. The average Bonchev–Trinajstić information content (AvgIpc) is 2.83. The molecule has 1 heterocycles. The first kappa shape index (κ1) is 32.0. The summed E-state index contributed by atoms with van der Waals surface area (Å²) < 4.78 is 0. The number of azide groups is 1. The van der Waals surface area contributed by atoms with Crippen LogP contribution in [0.1, 0.15) is 32.6 Å². The lowest BCUT2D eigenvalue weighted by atomic mass is 9.90. The van der Waals surface area contributed by atoms with Gasteiger partial charge in [-0.25, -0.2) is 0 Å². The normalized spacial score (nSPS) is 24.2. The smallest absolute Gasteiger partial charge is 0.220 e. The predicted molar refractivity (Wildman–Crippen MR) is 144 cm³/mol. The van der Waals surface area contributed by atoms with Gasteiger partial charge in [0.25, 0.3) is 0 Å². The van der Waals surface area contributed by atoms with Crippen molar-refractivity contribution in [2.24, 2.45) is 10.5 Å². The molecule has 2 amide bonds. The Morgan fingerprint density at radius 3 is 1.97 bits per heavy atom. The van der Waals surface area contributed by atoms with Crippen molar-refractivity contribution in [2.75, 3.05) is 92.6 Å². The fourth-order valence-corrected chi connectivity index (χ4v) is 4.34. The van der Waals surface area contributed by atoms with E-state index in [-0.39, 0.29) is 30.1 Å². The third-order valence-corrected chi connectivity index (χ3v) is 6.14. The van der Waals surface area contributed by atoms with Gasteiger partial charge in [-0.1, -0.05) is 12.0 Å². The second-order valence-electron chi connectivity index (χ2n) is 9.92. The van der Waals surface area contributed by atoms with Crippen LogP contribution in [0, 0.1) is 5.41 Å². The van der Waals surface area contributed by atoms with Crippen molar-refractivity contribution in [3.8, 4) is 0 Å². The van der Waals surface area contributed by atoms with E-state index in [1.165, 1.54) is 0 Å². The molecule has 0 aromatic carbocycles. The summed E-state index contributed by atoms with van der Waals surface area (Å²) in [7, 11) is 3.87. The Bertz CT molecular complexity index is 654. The van der Waals surface area contributed by atoms with E-state index < -0.39 is 5.54 Å². The molecule has 0 unspecified atom stereocenters. The van der Waals surface area contributed by atoms with Gasteiger partial charge in [0.1, 0.15) is 0 Å². The van der Waals surface area contributed by atoms with Crippen LogP contribution in [0.4, 0.5) is 0 Å².